The van der Waals surface area contributed by atoms with Crippen LogP contribution in [0.3, 0.4) is 0 Å². The standard InChI is InChI=1S/C12H19N3O2S2/c1-12(3-2-4-18-12)8-15-10-5-9(13)6-11(7-10)19(14,16)17/h5-7,15H,2-4,8,13H2,1H3,(H2,14,16,17). The number of rotatable bonds is 4. The summed E-state index contributed by atoms with van der Waals surface area (Å²) in [4.78, 5) is 0.0410. The number of nitrogens with one attached hydrogen (secondary N) is 1. The Hall–Kier alpha value is -0.920. The van der Waals surface area contributed by atoms with Gasteiger partial charge in [0.25, 0.3) is 0 Å². The molecule has 1 saturated heterocycles. The first kappa shape index (κ1) is 14.5. The molecule has 19 heavy (non-hydrogen) atoms. The number of primary sulfonamides is 1. The van der Waals surface area contributed by atoms with Gasteiger partial charge in [-0.05, 0) is 43.7 Å². The molecule has 5 nitrogen and oxygen atoms in total. The fraction of sp³-hybridized carbons (Fsp3) is 0.500. The molecule has 1 fully saturated rings. The first-order valence-corrected chi connectivity index (χ1v) is 8.63. The van der Waals surface area contributed by atoms with Gasteiger partial charge in [0.15, 0.2) is 0 Å². The molecule has 0 saturated carbocycles. The zero-order valence-electron chi connectivity index (χ0n) is 10.8. The quantitative estimate of drug-likeness (QED) is 0.734. The molecule has 0 aliphatic carbocycles. The molecule has 0 bridgehead atoms. The monoisotopic (exact) mass is 301 g/mol. The predicted molar refractivity (Wildman–Crippen MR) is 80.8 cm³/mol. The number of sulfonamides is 1. The summed E-state index contributed by atoms with van der Waals surface area (Å²) in [5.41, 5.74) is 6.79. The summed E-state index contributed by atoms with van der Waals surface area (Å²) in [6.07, 6.45) is 2.39. The Morgan fingerprint density at radius 3 is 2.74 bits per heavy atom. The SMILES string of the molecule is CC1(CNc2cc(N)cc(S(N)(=O)=O)c2)CCCS1. The first-order chi connectivity index (χ1) is 8.78. The van der Waals surface area contributed by atoms with Crippen LogP contribution in [0, 0.1) is 0 Å². The smallest absolute Gasteiger partial charge is 0.238 e. The molecule has 1 atom stereocenters. The van der Waals surface area contributed by atoms with Crippen molar-refractivity contribution in [3.05, 3.63) is 18.2 Å². The molecule has 1 unspecified atom stereocenters. The van der Waals surface area contributed by atoms with Crippen LogP contribution in [0.25, 0.3) is 0 Å². The van der Waals surface area contributed by atoms with Crippen LogP contribution in [0.1, 0.15) is 19.8 Å². The molecule has 0 amide bonds. The van der Waals surface area contributed by atoms with Crippen LogP contribution in [0.15, 0.2) is 23.1 Å². The van der Waals surface area contributed by atoms with E-state index < -0.39 is 10.0 Å². The normalized spacial score (nSPS) is 23.5. The minimum Gasteiger partial charge on any atom is -0.399 e. The molecule has 106 valence electrons. The molecular weight excluding hydrogens is 282 g/mol. The molecule has 0 spiro atoms. The highest BCUT2D eigenvalue weighted by atomic mass is 32.2. The number of benzene rings is 1. The topological polar surface area (TPSA) is 98.2 Å². The van der Waals surface area contributed by atoms with Crippen molar-refractivity contribution in [2.24, 2.45) is 5.14 Å². The third-order valence-electron chi connectivity index (χ3n) is 3.22. The molecule has 1 aromatic rings. The molecule has 1 heterocycles. The van der Waals surface area contributed by atoms with Gasteiger partial charge in [0, 0.05) is 22.7 Å². The molecule has 5 N–H and O–H groups in total. The van der Waals surface area contributed by atoms with Crippen molar-refractivity contribution in [1.29, 1.82) is 0 Å². The Balaban J connectivity index is 2.14. The Labute approximate surface area is 118 Å². The van der Waals surface area contributed by atoms with Crippen molar-refractivity contribution in [2.45, 2.75) is 29.4 Å². The second-order valence-electron chi connectivity index (χ2n) is 5.09. The molecule has 1 aliphatic heterocycles. The van der Waals surface area contributed by atoms with Crippen molar-refractivity contribution in [3.8, 4) is 0 Å². The van der Waals surface area contributed by atoms with Crippen LogP contribution < -0.4 is 16.2 Å². The van der Waals surface area contributed by atoms with E-state index in [-0.39, 0.29) is 9.64 Å². The van der Waals surface area contributed by atoms with E-state index in [1.165, 1.54) is 24.3 Å². The number of nitrogen functional groups attached to an aromatic ring is 1. The Morgan fingerprint density at radius 1 is 1.42 bits per heavy atom. The van der Waals surface area contributed by atoms with E-state index in [4.69, 9.17) is 10.9 Å². The molecule has 1 aromatic carbocycles. The van der Waals surface area contributed by atoms with Crippen molar-refractivity contribution in [2.75, 3.05) is 23.3 Å². The fourth-order valence-corrected chi connectivity index (χ4v) is 3.99. The maximum atomic E-state index is 11.4. The number of hydrogen-bond acceptors (Lipinski definition) is 5. The van der Waals surface area contributed by atoms with E-state index >= 15 is 0 Å². The van der Waals surface area contributed by atoms with Crippen LogP contribution >= 0.6 is 11.8 Å². The van der Waals surface area contributed by atoms with Gasteiger partial charge >= 0.3 is 0 Å². The molecule has 1 aliphatic rings. The fourth-order valence-electron chi connectivity index (χ4n) is 2.15. The summed E-state index contributed by atoms with van der Waals surface area (Å²) in [5.74, 6) is 1.18. The van der Waals surface area contributed by atoms with E-state index in [2.05, 4.69) is 12.2 Å². The van der Waals surface area contributed by atoms with E-state index in [9.17, 15) is 8.42 Å². The minimum atomic E-state index is -3.73. The lowest BCUT2D eigenvalue weighted by Gasteiger charge is -2.23. The van der Waals surface area contributed by atoms with E-state index in [1.807, 2.05) is 11.8 Å². The van der Waals surface area contributed by atoms with Gasteiger partial charge in [-0.15, -0.1) is 0 Å². The number of thioether (sulfide) groups is 1. The zero-order chi connectivity index (χ0) is 14.1. The van der Waals surface area contributed by atoms with Crippen LogP contribution in [-0.4, -0.2) is 25.5 Å². The van der Waals surface area contributed by atoms with Crippen LogP contribution in [0.5, 0.6) is 0 Å². The van der Waals surface area contributed by atoms with Gasteiger partial charge < -0.3 is 11.1 Å². The van der Waals surface area contributed by atoms with Gasteiger partial charge in [0.1, 0.15) is 0 Å². The first-order valence-electron chi connectivity index (χ1n) is 6.10. The van der Waals surface area contributed by atoms with Gasteiger partial charge in [0.2, 0.25) is 10.0 Å². The average Bonchev–Trinajstić information content (AvgIpc) is 2.72. The van der Waals surface area contributed by atoms with E-state index in [1.54, 1.807) is 6.07 Å². The van der Waals surface area contributed by atoms with Gasteiger partial charge in [0.05, 0.1) is 4.90 Å². The number of hydrogen-bond donors (Lipinski definition) is 3. The molecular formula is C12H19N3O2S2. The number of anilines is 2. The summed E-state index contributed by atoms with van der Waals surface area (Å²) in [5, 5.41) is 8.38. The maximum Gasteiger partial charge on any atom is 0.238 e. The van der Waals surface area contributed by atoms with Gasteiger partial charge in [-0.1, -0.05) is 0 Å². The third-order valence-corrected chi connectivity index (χ3v) is 5.66. The van der Waals surface area contributed by atoms with E-state index in [0.29, 0.717) is 11.4 Å². The second-order valence-corrected chi connectivity index (χ2v) is 8.34. The molecule has 0 radical (unpaired) electrons. The average molecular weight is 301 g/mol. The summed E-state index contributed by atoms with van der Waals surface area (Å²) in [6, 6.07) is 4.61. The maximum absolute atomic E-state index is 11.4. The zero-order valence-corrected chi connectivity index (χ0v) is 12.5. The lowest BCUT2D eigenvalue weighted by atomic mass is 10.1. The van der Waals surface area contributed by atoms with Crippen molar-refractivity contribution < 1.29 is 8.42 Å². The summed E-state index contributed by atoms with van der Waals surface area (Å²) >= 11 is 1.94. The number of nitrogens with two attached hydrogens (primary N) is 2. The highest BCUT2D eigenvalue weighted by molar-refractivity contribution is 8.00. The summed E-state index contributed by atoms with van der Waals surface area (Å²) in [6.45, 7) is 3.00. The lowest BCUT2D eigenvalue weighted by molar-refractivity contribution is 0.598. The van der Waals surface area contributed by atoms with Gasteiger partial charge in [-0.3, -0.25) is 0 Å². The Morgan fingerprint density at radius 2 is 2.16 bits per heavy atom. The van der Waals surface area contributed by atoms with Gasteiger partial charge in [-0.2, -0.15) is 11.8 Å². The van der Waals surface area contributed by atoms with Crippen LogP contribution in [0.4, 0.5) is 11.4 Å². The third kappa shape index (κ3) is 3.77. The Kier molecular flexibility index (Phi) is 3.98. The highest BCUT2D eigenvalue weighted by Gasteiger charge is 2.29. The lowest BCUT2D eigenvalue weighted by Crippen LogP contribution is -2.27. The summed E-state index contributed by atoms with van der Waals surface area (Å²) < 4.78 is 22.9. The second kappa shape index (κ2) is 5.22. The minimum absolute atomic E-state index is 0.0410. The van der Waals surface area contributed by atoms with Crippen molar-refractivity contribution >= 4 is 33.2 Å². The van der Waals surface area contributed by atoms with E-state index in [0.717, 1.165) is 13.0 Å². The van der Waals surface area contributed by atoms with Crippen molar-refractivity contribution in [3.63, 3.8) is 0 Å². The molecule has 2 rings (SSSR count). The molecule has 0 aromatic heterocycles. The van der Waals surface area contributed by atoms with Crippen molar-refractivity contribution in [1.82, 2.24) is 0 Å². The van der Waals surface area contributed by atoms with Gasteiger partial charge in [-0.25, -0.2) is 13.6 Å². The van der Waals surface area contributed by atoms with Crippen LogP contribution in [0.2, 0.25) is 0 Å². The largest absolute Gasteiger partial charge is 0.399 e. The molecule has 7 heteroatoms. The summed E-state index contributed by atoms with van der Waals surface area (Å²) in [7, 11) is -3.73. The highest BCUT2D eigenvalue weighted by Crippen LogP contribution is 2.37. The Bertz CT molecular complexity index is 566. The predicted octanol–water partition coefficient (Wildman–Crippen LogP) is 1.61. The van der Waals surface area contributed by atoms with Crippen LogP contribution in [-0.2, 0) is 10.0 Å².